The Bertz CT molecular complexity index is 473. The Labute approximate surface area is 105 Å². The van der Waals surface area contributed by atoms with Gasteiger partial charge in [0.25, 0.3) is 5.56 Å². The minimum atomic E-state index is -0.240. The summed E-state index contributed by atoms with van der Waals surface area (Å²) in [5.74, 6) is 1.44. The zero-order valence-electron chi connectivity index (χ0n) is 9.66. The summed E-state index contributed by atoms with van der Waals surface area (Å²) < 4.78 is 0. The lowest BCUT2D eigenvalue weighted by Crippen LogP contribution is -2.36. The number of H-pyrrole nitrogens is 1. The van der Waals surface area contributed by atoms with Crippen LogP contribution in [0.5, 0.6) is 0 Å². The van der Waals surface area contributed by atoms with E-state index in [0.717, 1.165) is 12.5 Å². The molecule has 2 fully saturated rings. The Morgan fingerprint density at radius 2 is 2.18 bits per heavy atom. The molecule has 1 saturated carbocycles. The van der Waals surface area contributed by atoms with Gasteiger partial charge in [0, 0.05) is 12.6 Å². The Morgan fingerprint density at radius 1 is 1.35 bits per heavy atom. The smallest absolute Gasteiger partial charge is 0.271 e. The van der Waals surface area contributed by atoms with Crippen LogP contribution in [0.2, 0.25) is 5.02 Å². The van der Waals surface area contributed by atoms with Crippen LogP contribution in [0.25, 0.3) is 0 Å². The van der Waals surface area contributed by atoms with Crippen molar-refractivity contribution in [3.05, 3.63) is 21.7 Å². The molecule has 4 nitrogen and oxygen atoms in total. The molecule has 1 saturated heterocycles. The van der Waals surface area contributed by atoms with Gasteiger partial charge in [-0.05, 0) is 25.2 Å². The summed E-state index contributed by atoms with van der Waals surface area (Å²) in [6.45, 7) is 0.978. The second kappa shape index (κ2) is 4.33. The molecule has 2 heterocycles. The Kier molecular flexibility index (Phi) is 2.82. The molecular formula is C12H16ClN3O. The van der Waals surface area contributed by atoms with E-state index in [0.29, 0.717) is 11.9 Å². The number of rotatable bonds is 1. The van der Waals surface area contributed by atoms with E-state index in [9.17, 15) is 4.79 Å². The summed E-state index contributed by atoms with van der Waals surface area (Å²) in [5, 5.41) is 0.235. The minimum Gasteiger partial charge on any atom is -0.352 e. The standard InChI is InChI=1S/C12H16ClN3O/c13-10-11(14-7-15-12(10)17)16-6-5-8-3-1-2-4-9(8)16/h7-9H,1-6H2,(H,14,15,17). The number of fused-ring (bicyclic) bond motifs is 1. The first-order chi connectivity index (χ1) is 8.27. The molecule has 1 aromatic heterocycles. The highest BCUT2D eigenvalue weighted by atomic mass is 35.5. The van der Waals surface area contributed by atoms with Crippen LogP contribution in [-0.4, -0.2) is 22.6 Å². The Morgan fingerprint density at radius 3 is 3.06 bits per heavy atom. The summed E-state index contributed by atoms with van der Waals surface area (Å²) >= 11 is 6.06. The predicted molar refractivity (Wildman–Crippen MR) is 67.6 cm³/mol. The Balaban J connectivity index is 1.94. The van der Waals surface area contributed by atoms with Crippen molar-refractivity contribution in [1.82, 2.24) is 9.97 Å². The molecule has 1 aliphatic heterocycles. The maximum Gasteiger partial charge on any atom is 0.271 e. The Hall–Kier alpha value is -1.03. The molecule has 2 aliphatic rings. The van der Waals surface area contributed by atoms with Gasteiger partial charge in [0.05, 0.1) is 6.33 Å². The number of nitrogens with one attached hydrogen (secondary N) is 1. The number of aromatic nitrogens is 2. The normalized spacial score (nSPS) is 28.2. The van der Waals surface area contributed by atoms with Crippen LogP contribution < -0.4 is 10.5 Å². The number of halogens is 1. The molecule has 1 N–H and O–H groups in total. The van der Waals surface area contributed by atoms with Gasteiger partial charge in [0.15, 0.2) is 5.82 Å². The third kappa shape index (κ3) is 1.84. The monoisotopic (exact) mass is 253 g/mol. The van der Waals surface area contributed by atoms with E-state index in [2.05, 4.69) is 14.9 Å². The minimum absolute atomic E-state index is 0.235. The molecule has 0 aromatic carbocycles. The average molecular weight is 254 g/mol. The van der Waals surface area contributed by atoms with E-state index in [1.165, 1.54) is 38.4 Å². The summed E-state index contributed by atoms with van der Waals surface area (Å²) in [4.78, 5) is 20.5. The SMILES string of the molecule is O=c1[nH]cnc(N2CCC3CCCCC32)c1Cl. The van der Waals surface area contributed by atoms with Crippen LogP contribution in [0.1, 0.15) is 32.1 Å². The number of nitrogens with zero attached hydrogens (tertiary/aromatic N) is 2. The average Bonchev–Trinajstić information content (AvgIpc) is 2.77. The lowest BCUT2D eigenvalue weighted by molar-refractivity contribution is 0.341. The van der Waals surface area contributed by atoms with Gasteiger partial charge < -0.3 is 9.88 Å². The van der Waals surface area contributed by atoms with Crippen molar-refractivity contribution in [2.24, 2.45) is 5.92 Å². The van der Waals surface area contributed by atoms with Crippen molar-refractivity contribution in [2.45, 2.75) is 38.1 Å². The van der Waals surface area contributed by atoms with E-state index < -0.39 is 0 Å². The van der Waals surface area contributed by atoms with Crippen molar-refractivity contribution in [3.63, 3.8) is 0 Å². The quantitative estimate of drug-likeness (QED) is 0.835. The highest BCUT2D eigenvalue weighted by Gasteiger charge is 2.37. The van der Waals surface area contributed by atoms with Crippen molar-refractivity contribution >= 4 is 17.4 Å². The molecule has 2 unspecified atom stereocenters. The number of hydrogen-bond acceptors (Lipinski definition) is 3. The first-order valence-corrected chi connectivity index (χ1v) is 6.65. The second-order valence-electron chi connectivity index (χ2n) is 4.96. The van der Waals surface area contributed by atoms with Crippen LogP contribution in [-0.2, 0) is 0 Å². The molecule has 92 valence electrons. The molecule has 0 bridgehead atoms. The number of anilines is 1. The summed E-state index contributed by atoms with van der Waals surface area (Å²) in [6.07, 6.45) is 7.77. The number of aromatic amines is 1. The van der Waals surface area contributed by atoms with Crippen LogP contribution in [0, 0.1) is 5.92 Å². The van der Waals surface area contributed by atoms with Gasteiger partial charge in [0.2, 0.25) is 0 Å². The van der Waals surface area contributed by atoms with E-state index in [4.69, 9.17) is 11.6 Å². The van der Waals surface area contributed by atoms with Crippen molar-refractivity contribution in [2.75, 3.05) is 11.4 Å². The third-order valence-electron chi connectivity index (χ3n) is 4.06. The van der Waals surface area contributed by atoms with Crippen LogP contribution in [0.4, 0.5) is 5.82 Å². The van der Waals surface area contributed by atoms with Crippen LogP contribution in [0.15, 0.2) is 11.1 Å². The molecule has 17 heavy (non-hydrogen) atoms. The maximum absolute atomic E-state index is 11.5. The van der Waals surface area contributed by atoms with E-state index in [1.54, 1.807) is 0 Å². The molecule has 3 rings (SSSR count). The van der Waals surface area contributed by atoms with Gasteiger partial charge in [-0.1, -0.05) is 24.4 Å². The van der Waals surface area contributed by atoms with Gasteiger partial charge in [-0.3, -0.25) is 4.79 Å². The zero-order chi connectivity index (χ0) is 11.8. The van der Waals surface area contributed by atoms with E-state index >= 15 is 0 Å². The van der Waals surface area contributed by atoms with Gasteiger partial charge >= 0.3 is 0 Å². The number of hydrogen-bond donors (Lipinski definition) is 1. The lowest BCUT2D eigenvalue weighted by atomic mass is 9.85. The van der Waals surface area contributed by atoms with Crippen LogP contribution >= 0.6 is 11.6 Å². The second-order valence-corrected chi connectivity index (χ2v) is 5.34. The van der Waals surface area contributed by atoms with Gasteiger partial charge in [0.1, 0.15) is 5.02 Å². The predicted octanol–water partition coefficient (Wildman–Crippen LogP) is 2.19. The topological polar surface area (TPSA) is 49.0 Å². The first-order valence-electron chi connectivity index (χ1n) is 6.27. The van der Waals surface area contributed by atoms with Gasteiger partial charge in [-0.2, -0.15) is 0 Å². The molecule has 0 spiro atoms. The van der Waals surface area contributed by atoms with Gasteiger partial charge in [-0.15, -0.1) is 0 Å². The first kappa shape index (κ1) is 11.1. The highest BCUT2D eigenvalue weighted by molar-refractivity contribution is 6.32. The fourth-order valence-electron chi connectivity index (χ4n) is 3.24. The largest absolute Gasteiger partial charge is 0.352 e. The van der Waals surface area contributed by atoms with Gasteiger partial charge in [-0.25, -0.2) is 4.98 Å². The van der Waals surface area contributed by atoms with Crippen molar-refractivity contribution in [1.29, 1.82) is 0 Å². The zero-order valence-corrected chi connectivity index (χ0v) is 10.4. The summed E-state index contributed by atoms with van der Waals surface area (Å²) in [6, 6.07) is 0.538. The lowest BCUT2D eigenvalue weighted by Gasteiger charge is -2.32. The molecule has 1 aliphatic carbocycles. The molecule has 0 amide bonds. The molecule has 5 heteroatoms. The summed E-state index contributed by atoms with van der Waals surface area (Å²) in [5.41, 5.74) is -0.240. The van der Waals surface area contributed by atoms with Crippen LogP contribution in [0.3, 0.4) is 0 Å². The molecule has 2 atom stereocenters. The summed E-state index contributed by atoms with van der Waals surface area (Å²) in [7, 11) is 0. The van der Waals surface area contributed by atoms with E-state index in [-0.39, 0.29) is 10.6 Å². The molecule has 1 aromatic rings. The fraction of sp³-hybridized carbons (Fsp3) is 0.667. The third-order valence-corrected chi connectivity index (χ3v) is 4.40. The molecular weight excluding hydrogens is 238 g/mol. The fourth-order valence-corrected chi connectivity index (χ4v) is 3.45. The van der Waals surface area contributed by atoms with Crippen molar-refractivity contribution < 1.29 is 0 Å². The molecule has 0 radical (unpaired) electrons. The van der Waals surface area contributed by atoms with E-state index in [1.807, 2.05) is 0 Å². The maximum atomic E-state index is 11.5. The highest BCUT2D eigenvalue weighted by Crippen LogP contribution is 2.39. The van der Waals surface area contributed by atoms with Crippen molar-refractivity contribution in [3.8, 4) is 0 Å².